The Kier molecular flexibility index (Phi) is 5.23. The van der Waals surface area contributed by atoms with Gasteiger partial charge in [-0.3, -0.25) is 4.79 Å². The number of nitrogens with zero attached hydrogens (tertiary/aromatic N) is 2. The summed E-state index contributed by atoms with van der Waals surface area (Å²) < 4.78 is 28.4. The van der Waals surface area contributed by atoms with E-state index in [1.165, 1.54) is 33.9 Å². The fraction of sp³-hybridized carbons (Fsp3) is 0.333. The SMILES string of the molecule is CC(=O)Nc1nc2ccc(-c3ccc(S(=O)(=O)N4CCC(O)CC4)s3)cc2s1. The molecule has 0 saturated carbocycles. The van der Waals surface area contributed by atoms with Crippen LogP contribution in [0, 0.1) is 0 Å². The first-order chi connectivity index (χ1) is 13.3. The molecule has 1 amide bonds. The summed E-state index contributed by atoms with van der Waals surface area (Å²) in [6.07, 6.45) is 0.519. The quantitative estimate of drug-likeness (QED) is 0.653. The van der Waals surface area contributed by atoms with Gasteiger partial charge >= 0.3 is 0 Å². The molecule has 7 nitrogen and oxygen atoms in total. The second-order valence-corrected chi connectivity index (χ2v) is 10.9. The maximum Gasteiger partial charge on any atom is 0.252 e. The minimum Gasteiger partial charge on any atom is -0.393 e. The van der Waals surface area contributed by atoms with Gasteiger partial charge in [0.1, 0.15) is 4.21 Å². The Morgan fingerprint density at radius 1 is 1.21 bits per heavy atom. The molecule has 148 valence electrons. The molecule has 1 fully saturated rings. The van der Waals surface area contributed by atoms with Crippen molar-refractivity contribution in [1.82, 2.24) is 9.29 Å². The van der Waals surface area contributed by atoms with Crippen LogP contribution in [-0.4, -0.2) is 47.9 Å². The minimum absolute atomic E-state index is 0.169. The van der Waals surface area contributed by atoms with Gasteiger partial charge < -0.3 is 10.4 Å². The van der Waals surface area contributed by atoms with Crippen LogP contribution in [0.4, 0.5) is 5.13 Å². The van der Waals surface area contributed by atoms with Gasteiger partial charge in [0.05, 0.1) is 16.3 Å². The van der Waals surface area contributed by atoms with Gasteiger partial charge in [-0.15, -0.1) is 11.3 Å². The number of aliphatic hydroxyl groups is 1. The molecule has 2 N–H and O–H groups in total. The van der Waals surface area contributed by atoms with E-state index in [1.807, 2.05) is 24.3 Å². The van der Waals surface area contributed by atoms with E-state index in [9.17, 15) is 18.3 Å². The molecule has 3 heterocycles. The highest BCUT2D eigenvalue weighted by atomic mass is 32.2. The molecule has 0 spiro atoms. The zero-order valence-corrected chi connectivity index (χ0v) is 17.5. The molecule has 1 saturated heterocycles. The van der Waals surface area contributed by atoms with Crippen LogP contribution >= 0.6 is 22.7 Å². The van der Waals surface area contributed by atoms with Crippen LogP contribution in [0.3, 0.4) is 0 Å². The van der Waals surface area contributed by atoms with Crippen molar-refractivity contribution in [3.05, 3.63) is 30.3 Å². The van der Waals surface area contributed by atoms with E-state index in [2.05, 4.69) is 10.3 Å². The summed E-state index contributed by atoms with van der Waals surface area (Å²) >= 11 is 2.62. The van der Waals surface area contributed by atoms with Crippen LogP contribution in [0.1, 0.15) is 19.8 Å². The summed E-state index contributed by atoms with van der Waals surface area (Å²) in [7, 11) is -3.54. The largest absolute Gasteiger partial charge is 0.393 e. The summed E-state index contributed by atoms with van der Waals surface area (Å²) in [5.74, 6) is -0.169. The molecule has 28 heavy (non-hydrogen) atoms. The van der Waals surface area contributed by atoms with E-state index in [0.29, 0.717) is 35.3 Å². The third-order valence-electron chi connectivity index (χ3n) is 4.55. The van der Waals surface area contributed by atoms with Crippen molar-refractivity contribution in [3.63, 3.8) is 0 Å². The number of benzene rings is 1. The van der Waals surface area contributed by atoms with Crippen LogP contribution in [0.15, 0.2) is 34.5 Å². The van der Waals surface area contributed by atoms with Gasteiger partial charge in [0.2, 0.25) is 5.91 Å². The Morgan fingerprint density at radius 3 is 2.68 bits per heavy atom. The van der Waals surface area contributed by atoms with Crippen molar-refractivity contribution in [2.45, 2.75) is 30.1 Å². The number of aliphatic hydroxyl groups excluding tert-OH is 1. The van der Waals surface area contributed by atoms with E-state index < -0.39 is 16.1 Å². The lowest BCUT2D eigenvalue weighted by atomic mass is 10.1. The monoisotopic (exact) mass is 437 g/mol. The third-order valence-corrected chi connectivity index (χ3v) is 8.99. The fourth-order valence-corrected chi connectivity index (χ4v) is 6.98. The summed E-state index contributed by atoms with van der Waals surface area (Å²) in [5, 5.41) is 12.8. The van der Waals surface area contributed by atoms with Gasteiger partial charge in [-0.05, 0) is 42.7 Å². The number of hydrogen-bond donors (Lipinski definition) is 2. The van der Waals surface area contributed by atoms with Gasteiger partial charge in [0, 0.05) is 24.9 Å². The van der Waals surface area contributed by atoms with Gasteiger partial charge in [0.25, 0.3) is 10.0 Å². The number of carbonyl (C=O) groups excluding carboxylic acids is 1. The van der Waals surface area contributed by atoms with Gasteiger partial charge in [-0.25, -0.2) is 13.4 Å². The van der Waals surface area contributed by atoms with Crippen LogP contribution in [0.25, 0.3) is 20.7 Å². The predicted octanol–water partition coefficient (Wildman–Crippen LogP) is 3.13. The first kappa shape index (κ1) is 19.5. The van der Waals surface area contributed by atoms with Crippen molar-refractivity contribution in [2.24, 2.45) is 0 Å². The molecule has 0 bridgehead atoms. The van der Waals surface area contributed by atoms with Gasteiger partial charge in [-0.1, -0.05) is 17.4 Å². The molecule has 4 rings (SSSR count). The first-order valence-electron chi connectivity index (χ1n) is 8.79. The molecule has 3 aromatic rings. The summed E-state index contributed by atoms with van der Waals surface area (Å²) in [6, 6.07) is 9.18. The Balaban J connectivity index is 1.60. The number of piperidine rings is 1. The predicted molar refractivity (Wildman–Crippen MR) is 111 cm³/mol. The lowest BCUT2D eigenvalue weighted by Crippen LogP contribution is -2.39. The molecule has 1 aromatic carbocycles. The Bertz CT molecular complexity index is 1130. The zero-order valence-electron chi connectivity index (χ0n) is 15.1. The summed E-state index contributed by atoms with van der Waals surface area (Å²) in [4.78, 5) is 16.4. The van der Waals surface area contributed by atoms with Crippen LogP contribution < -0.4 is 5.32 Å². The van der Waals surface area contributed by atoms with Crippen LogP contribution in [0.5, 0.6) is 0 Å². The number of anilines is 1. The van der Waals surface area contributed by atoms with Crippen molar-refractivity contribution in [3.8, 4) is 10.4 Å². The molecular formula is C18H19N3O4S3. The Labute approximate surface area is 170 Å². The molecule has 0 unspecified atom stereocenters. The van der Waals surface area contributed by atoms with Crippen molar-refractivity contribution in [1.29, 1.82) is 0 Å². The van der Waals surface area contributed by atoms with E-state index in [1.54, 1.807) is 6.07 Å². The minimum atomic E-state index is -3.54. The lowest BCUT2D eigenvalue weighted by molar-refractivity contribution is -0.114. The number of fused-ring (bicyclic) bond motifs is 1. The molecule has 10 heteroatoms. The maximum atomic E-state index is 12.9. The first-order valence-corrected chi connectivity index (χ1v) is 11.9. The zero-order chi connectivity index (χ0) is 19.9. The van der Waals surface area contributed by atoms with Gasteiger partial charge in [-0.2, -0.15) is 4.31 Å². The van der Waals surface area contributed by atoms with Crippen molar-refractivity contribution >= 4 is 54.0 Å². The maximum absolute atomic E-state index is 12.9. The average molecular weight is 438 g/mol. The molecule has 0 atom stereocenters. The number of rotatable bonds is 4. The second-order valence-electron chi connectivity index (χ2n) is 6.64. The molecule has 0 radical (unpaired) electrons. The number of aromatic nitrogens is 1. The standard InChI is InChI=1S/C18H19N3O4S3/c1-11(22)19-18-20-14-3-2-12(10-16(14)27-18)15-4-5-17(26-15)28(24,25)21-8-6-13(23)7-9-21/h2-5,10,13,23H,6-9H2,1H3,(H,19,20,22). The second kappa shape index (κ2) is 7.53. The molecule has 1 aliphatic rings. The van der Waals surface area contributed by atoms with Crippen molar-refractivity contribution in [2.75, 3.05) is 18.4 Å². The summed E-state index contributed by atoms with van der Waals surface area (Å²) in [5.41, 5.74) is 1.69. The van der Waals surface area contributed by atoms with E-state index in [0.717, 1.165) is 20.7 Å². The number of amides is 1. The number of thiophene rings is 1. The van der Waals surface area contributed by atoms with Crippen LogP contribution in [0.2, 0.25) is 0 Å². The summed E-state index contributed by atoms with van der Waals surface area (Å²) in [6.45, 7) is 2.12. The number of hydrogen-bond acceptors (Lipinski definition) is 7. The topological polar surface area (TPSA) is 99.6 Å². The number of sulfonamides is 1. The average Bonchev–Trinajstić information content (AvgIpc) is 3.27. The Morgan fingerprint density at radius 2 is 1.96 bits per heavy atom. The lowest BCUT2D eigenvalue weighted by Gasteiger charge is -2.28. The molecule has 1 aliphatic heterocycles. The highest BCUT2D eigenvalue weighted by Crippen LogP contribution is 2.36. The van der Waals surface area contributed by atoms with Crippen LogP contribution in [-0.2, 0) is 14.8 Å². The molecule has 0 aliphatic carbocycles. The molecular weight excluding hydrogens is 418 g/mol. The smallest absolute Gasteiger partial charge is 0.252 e. The highest BCUT2D eigenvalue weighted by Gasteiger charge is 2.30. The van der Waals surface area contributed by atoms with E-state index in [4.69, 9.17) is 0 Å². The van der Waals surface area contributed by atoms with Gasteiger partial charge in [0.15, 0.2) is 5.13 Å². The Hall–Kier alpha value is -1.85. The highest BCUT2D eigenvalue weighted by molar-refractivity contribution is 7.91. The van der Waals surface area contributed by atoms with Crippen molar-refractivity contribution < 1.29 is 18.3 Å². The third kappa shape index (κ3) is 3.83. The van der Waals surface area contributed by atoms with E-state index >= 15 is 0 Å². The fourth-order valence-electron chi connectivity index (χ4n) is 3.11. The van der Waals surface area contributed by atoms with E-state index in [-0.39, 0.29) is 5.91 Å². The normalized spacial score (nSPS) is 16.5. The number of carbonyl (C=O) groups is 1. The number of thiazole rings is 1. The number of nitrogens with one attached hydrogen (secondary N) is 1. The molecule has 2 aromatic heterocycles.